The summed E-state index contributed by atoms with van der Waals surface area (Å²) in [5, 5.41) is 27.0. The van der Waals surface area contributed by atoms with Crippen LogP contribution in [-0.4, -0.2) is 76.2 Å². The van der Waals surface area contributed by atoms with Crippen LogP contribution >= 0.6 is 11.8 Å². The molecule has 0 spiro atoms. The number of carboxylic acids is 1. The molecule has 0 fully saturated rings. The Hall–Kier alpha value is -2.63. The van der Waals surface area contributed by atoms with Crippen LogP contribution in [0.1, 0.15) is 39.2 Å². The van der Waals surface area contributed by atoms with Crippen molar-refractivity contribution in [3.63, 3.8) is 0 Å². The molecule has 5 unspecified atom stereocenters. The second kappa shape index (κ2) is 15.4. The van der Waals surface area contributed by atoms with E-state index >= 15 is 0 Å². The minimum atomic E-state index is -1.20. The molecule has 0 aliphatic rings. The number of hydrogen-bond acceptors (Lipinski definition) is 7. The molecule has 0 saturated carbocycles. The first-order chi connectivity index (χ1) is 16.5. The molecule has 3 amide bonds. The second-order valence-corrected chi connectivity index (χ2v) is 9.87. The summed E-state index contributed by atoms with van der Waals surface area (Å²) in [5.41, 5.74) is 6.43. The van der Waals surface area contributed by atoms with Crippen LogP contribution in [-0.2, 0) is 25.6 Å². The van der Waals surface area contributed by atoms with E-state index in [4.69, 9.17) is 5.73 Å². The molecular formula is C24H38N4O6S. The van der Waals surface area contributed by atoms with Gasteiger partial charge < -0.3 is 31.9 Å². The van der Waals surface area contributed by atoms with Gasteiger partial charge in [-0.15, -0.1) is 0 Å². The van der Waals surface area contributed by atoms with Crippen molar-refractivity contribution in [3.8, 4) is 0 Å². The molecule has 0 radical (unpaired) electrons. The van der Waals surface area contributed by atoms with E-state index < -0.39 is 54.0 Å². The number of carbonyl (C=O) groups excluding carboxylic acids is 3. The standard InChI is InChI=1S/C24H38N4O6S/c1-14(2)12-18(22(31)28-19(24(33)34)13-16-8-6-5-7-9-16)27-21(30)17(10-11-35-4)26-23(32)20(25)15(3)29/h5-9,14-15,17-20,29H,10-13,25H2,1-4H3,(H,26,32)(H,27,30)(H,28,31)(H,33,34). The zero-order chi connectivity index (χ0) is 26.5. The number of aliphatic hydroxyl groups excluding tert-OH is 1. The Labute approximate surface area is 210 Å². The van der Waals surface area contributed by atoms with Crippen molar-refractivity contribution in [1.29, 1.82) is 0 Å². The molecule has 0 bridgehead atoms. The topological polar surface area (TPSA) is 171 Å². The zero-order valence-electron chi connectivity index (χ0n) is 20.7. The summed E-state index contributed by atoms with van der Waals surface area (Å²) in [7, 11) is 0. The molecule has 10 nitrogen and oxygen atoms in total. The number of carboxylic acid groups (broad SMARTS) is 1. The number of nitrogens with two attached hydrogens (primary N) is 1. The van der Waals surface area contributed by atoms with Crippen LogP contribution in [0.3, 0.4) is 0 Å². The molecule has 5 atom stereocenters. The average Bonchev–Trinajstić information content (AvgIpc) is 2.80. The smallest absolute Gasteiger partial charge is 0.326 e. The lowest BCUT2D eigenvalue weighted by atomic mass is 10.0. The lowest BCUT2D eigenvalue weighted by Gasteiger charge is -2.26. The van der Waals surface area contributed by atoms with Crippen molar-refractivity contribution in [3.05, 3.63) is 35.9 Å². The van der Waals surface area contributed by atoms with E-state index in [0.29, 0.717) is 5.75 Å². The van der Waals surface area contributed by atoms with Crippen molar-refractivity contribution < 1.29 is 29.4 Å². The Bertz CT molecular complexity index is 837. The summed E-state index contributed by atoms with van der Waals surface area (Å²) in [4.78, 5) is 50.2. The van der Waals surface area contributed by atoms with Gasteiger partial charge in [-0.2, -0.15) is 11.8 Å². The number of thioether (sulfide) groups is 1. The monoisotopic (exact) mass is 510 g/mol. The highest BCUT2D eigenvalue weighted by molar-refractivity contribution is 7.98. The summed E-state index contributed by atoms with van der Waals surface area (Å²) >= 11 is 1.48. The quantitative estimate of drug-likeness (QED) is 0.195. The van der Waals surface area contributed by atoms with Crippen molar-refractivity contribution >= 4 is 35.5 Å². The van der Waals surface area contributed by atoms with Crippen molar-refractivity contribution in [2.24, 2.45) is 11.7 Å². The molecule has 11 heteroatoms. The lowest BCUT2D eigenvalue weighted by Crippen LogP contribution is -2.58. The molecule has 0 saturated heterocycles. The highest BCUT2D eigenvalue weighted by atomic mass is 32.2. The molecule has 1 rings (SSSR count). The van der Waals surface area contributed by atoms with Gasteiger partial charge in [0.2, 0.25) is 17.7 Å². The molecule has 196 valence electrons. The van der Waals surface area contributed by atoms with E-state index in [-0.39, 0.29) is 25.2 Å². The van der Waals surface area contributed by atoms with E-state index in [2.05, 4.69) is 16.0 Å². The van der Waals surface area contributed by atoms with Crippen LogP contribution < -0.4 is 21.7 Å². The van der Waals surface area contributed by atoms with Gasteiger partial charge in [0.05, 0.1) is 6.10 Å². The molecule has 7 N–H and O–H groups in total. The number of aliphatic carboxylic acids is 1. The molecule has 1 aromatic rings. The molecule has 0 aliphatic heterocycles. The first-order valence-electron chi connectivity index (χ1n) is 11.6. The fraction of sp³-hybridized carbons (Fsp3) is 0.583. The van der Waals surface area contributed by atoms with Crippen LogP contribution in [0.15, 0.2) is 30.3 Å². The molecule has 0 heterocycles. The number of aliphatic hydroxyl groups is 1. The zero-order valence-corrected chi connectivity index (χ0v) is 21.5. The van der Waals surface area contributed by atoms with Gasteiger partial charge in [-0.25, -0.2) is 4.79 Å². The third-order valence-corrected chi connectivity index (χ3v) is 5.95. The normalized spacial score (nSPS) is 15.4. The van der Waals surface area contributed by atoms with Crippen LogP contribution in [0.2, 0.25) is 0 Å². The van der Waals surface area contributed by atoms with E-state index in [1.54, 1.807) is 24.3 Å². The Morgan fingerprint density at radius 2 is 1.46 bits per heavy atom. The fourth-order valence-electron chi connectivity index (χ4n) is 3.29. The largest absolute Gasteiger partial charge is 0.480 e. The maximum absolute atomic E-state index is 13.0. The van der Waals surface area contributed by atoms with Gasteiger partial charge in [-0.05, 0) is 43.3 Å². The number of hydrogen-bond donors (Lipinski definition) is 6. The second-order valence-electron chi connectivity index (χ2n) is 8.89. The molecule has 0 aromatic heterocycles. The Morgan fingerprint density at radius 1 is 0.914 bits per heavy atom. The third-order valence-electron chi connectivity index (χ3n) is 5.30. The minimum Gasteiger partial charge on any atom is -0.480 e. The van der Waals surface area contributed by atoms with E-state index in [1.165, 1.54) is 18.7 Å². The predicted octanol–water partition coefficient (Wildman–Crippen LogP) is 0.275. The van der Waals surface area contributed by atoms with Crippen LogP contribution in [0.4, 0.5) is 0 Å². The summed E-state index contributed by atoms with van der Waals surface area (Å²) < 4.78 is 0. The Kier molecular flexibility index (Phi) is 13.4. The van der Waals surface area contributed by atoms with Crippen LogP contribution in [0, 0.1) is 5.92 Å². The molecule has 35 heavy (non-hydrogen) atoms. The highest BCUT2D eigenvalue weighted by Gasteiger charge is 2.31. The molecule has 1 aromatic carbocycles. The minimum absolute atomic E-state index is 0.0198. The van der Waals surface area contributed by atoms with Gasteiger partial charge in [-0.1, -0.05) is 44.2 Å². The van der Waals surface area contributed by atoms with Gasteiger partial charge in [0, 0.05) is 6.42 Å². The van der Waals surface area contributed by atoms with E-state index in [9.17, 15) is 29.4 Å². The fourth-order valence-corrected chi connectivity index (χ4v) is 3.76. The summed E-state index contributed by atoms with van der Waals surface area (Å²) in [6.07, 6.45) is 1.40. The summed E-state index contributed by atoms with van der Waals surface area (Å²) in [6.45, 7) is 5.12. The SMILES string of the molecule is CSCCC(NC(=O)C(N)C(C)O)C(=O)NC(CC(C)C)C(=O)NC(Cc1ccccc1)C(=O)O. The first kappa shape index (κ1) is 30.4. The number of rotatable bonds is 15. The Morgan fingerprint density at radius 3 is 1.97 bits per heavy atom. The van der Waals surface area contributed by atoms with Gasteiger partial charge in [0.1, 0.15) is 24.2 Å². The first-order valence-corrected chi connectivity index (χ1v) is 13.0. The van der Waals surface area contributed by atoms with Gasteiger partial charge in [-0.3, -0.25) is 14.4 Å². The van der Waals surface area contributed by atoms with E-state index in [1.807, 2.05) is 26.2 Å². The van der Waals surface area contributed by atoms with Crippen molar-refractivity contribution in [1.82, 2.24) is 16.0 Å². The highest BCUT2D eigenvalue weighted by Crippen LogP contribution is 2.10. The Balaban J connectivity index is 2.98. The van der Waals surface area contributed by atoms with Crippen LogP contribution in [0.25, 0.3) is 0 Å². The molecular weight excluding hydrogens is 472 g/mol. The maximum Gasteiger partial charge on any atom is 0.326 e. The number of carbonyl (C=O) groups is 4. The number of nitrogens with one attached hydrogen (secondary N) is 3. The number of amides is 3. The van der Waals surface area contributed by atoms with Gasteiger partial charge >= 0.3 is 5.97 Å². The van der Waals surface area contributed by atoms with Gasteiger partial charge in [0.15, 0.2) is 0 Å². The number of benzene rings is 1. The maximum atomic E-state index is 13.0. The molecule has 0 aliphatic carbocycles. The van der Waals surface area contributed by atoms with E-state index in [0.717, 1.165) is 5.56 Å². The predicted molar refractivity (Wildman–Crippen MR) is 136 cm³/mol. The summed E-state index contributed by atoms with van der Waals surface area (Å²) in [5.74, 6) is -2.49. The third kappa shape index (κ3) is 11.1. The average molecular weight is 511 g/mol. The van der Waals surface area contributed by atoms with Crippen molar-refractivity contribution in [2.75, 3.05) is 12.0 Å². The van der Waals surface area contributed by atoms with Crippen molar-refractivity contribution in [2.45, 2.75) is 70.3 Å². The summed E-state index contributed by atoms with van der Waals surface area (Å²) in [6, 6.07) is 4.57. The van der Waals surface area contributed by atoms with Gasteiger partial charge in [0.25, 0.3) is 0 Å². The van der Waals surface area contributed by atoms with Crippen LogP contribution in [0.5, 0.6) is 0 Å². The lowest BCUT2D eigenvalue weighted by molar-refractivity contribution is -0.142.